The first-order valence-corrected chi connectivity index (χ1v) is 5.05. The van der Waals surface area contributed by atoms with Gasteiger partial charge in [0, 0.05) is 0 Å². The number of carbonyl (C=O) groups excluding carboxylic acids is 2. The van der Waals surface area contributed by atoms with Crippen LogP contribution in [0.5, 0.6) is 0 Å². The average Bonchev–Trinajstić information content (AvgIpc) is 2.66. The molecule has 3 amide bonds. The maximum Gasteiger partial charge on any atom is 0.344 e. The molecule has 0 bridgehead atoms. The standard InChI is InChI=1S/C11H9N3O4/c15-9-6-14(11(18)13-9)12-5-7-1-3-8(4-2-7)10(16)17/h1-5H,6H2,(H,16,17)(H,13,15,18)/b12-5+. The summed E-state index contributed by atoms with van der Waals surface area (Å²) in [6, 6.07) is 5.40. The number of imide groups is 1. The van der Waals surface area contributed by atoms with Crippen LogP contribution in [0.15, 0.2) is 29.4 Å². The van der Waals surface area contributed by atoms with Crippen molar-refractivity contribution in [1.29, 1.82) is 0 Å². The van der Waals surface area contributed by atoms with Crippen molar-refractivity contribution in [2.24, 2.45) is 5.10 Å². The van der Waals surface area contributed by atoms with Gasteiger partial charge in [-0.3, -0.25) is 10.1 Å². The van der Waals surface area contributed by atoms with Crippen LogP contribution >= 0.6 is 0 Å². The predicted molar refractivity (Wildman–Crippen MR) is 61.2 cm³/mol. The molecule has 18 heavy (non-hydrogen) atoms. The minimum Gasteiger partial charge on any atom is -0.478 e. The minimum absolute atomic E-state index is 0.109. The molecule has 7 heteroatoms. The number of aromatic carboxylic acids is 1. The van der Waals surface area contributed by atoms with Crippen LogP contribution in [0, 0.1) is 0 Å². The molecule has 1 aliphatic rings. The van der Waals surface area contributed by atoms with E-state index in [2.05, 4.69) is 10.4 Å². The van der Waals surface area contributed by atoms with Crippen molar-refractivity contribution in [3.8, 4) is 0 Å². The molecule has 0 unspecified atom stereocenters. The van der Waals surface area contributed by atoms with Crippen molar-refractivity contribution in [3.63, 3.8) is 0 Å². The number of carboxylic acid groups (broad SMARTS) is 1. The number of hydrazone groups is 1. The fraction of sp³-hybridized carbons (Fsp3) is 0.0909. The molecular formula is C11H9N3O4. The van der Waals surface area contributed by atoms with Gasteiger partial charge in [0.05, 0.1) is 11.8 Å². The molecule has 92 valence electrons. The lowest BCUT2D eigenvalue weighted by Crippen LogP contribution is -2.24. The molecule has 1 aromatic rings. The highest BCUT2D eigenvalue weighted by molar-refractivity contribution is 6.02. The van der Waals surface area contributed by atoms with Crippen LogP contribution in [0.4, 0.5) is 4.79 Å². The quantitative estimate of drug-likeness (QED) is 0.591. The van der Waals surface area contributed by atoms with Gasteiger partial charge < -0.3 is 5.11 Å². The topological polar surface area (TPSA) is 99.1 Å². The van der Waals surface area contributed by atoms with Crippen molar-refractivity contribution >= 4 is 24.1 Å². The van der Waals surface area contributed by atoms with Gasteiger partial charge in [0.15, 0.2) is 0 Å². The van der Waals surface area contributed by atoms with Crippen molar-refractivity contribution in [2.75, 3.05) is 6.54 Å². The summed E-state index contributed by atoms with van der Waals surface area (Å²) in [7, 11) is 0. The molecule has 2 rings (SSSR count). The van der Waals surface area contributed by atoms with E-state index in [-0.39, 0.29) is 12.1 Å². The van der Waals surface area contributed by atoms with Gasteiger partial charge in [-0.1, -0.05) is 12.1 Å². The fourth-order valence-corrected chi connectivity index (χ4v) is 1.37. The summed E-state index contributed by atoms with van der Waals surface area (Å²) < 4.78 is 0. The van der Waals surface area contributed by atoms with Crippen LogP contribution in [0.1, 0.15) is 15.9 Å². The summed E-state index contributed by atoms with van der Waals surface area (Å²) in [6.45, 7) is -0.109. The second-order valence-electron chi connectivity index (χ2n) is 3.58. The largest absolute Gasteiger partial charge is 0.478 e. The first-order valence-electron chi connectivity index (χ1n) is 5.05. The highest BCUT2D eigenvalue weighted by atomic mass is 16.4. The van der Waals surface area contributed by atoms with Crippen LogP contribution < -0.4 is 5.32 Å². The Kier molecular flexibility index (Phi) is 3.05. The van der Waals surface area contributed by atoms with Gasteiger partial charge in [-0.15, -0.1) is 0 Å². The van der Waals surface area contributed by atoms with E-state index in [1.807, 2.05) is 0 Å². The number of hydrogen-bond donors (Lipinski definition) is 2. The number of nitrogens with zero attached hydrogens (tertiary/aromatic N) is 2. The molecule has 0 atom stereocenters. The zero-order valence-electron chi connectivity index (χ0n) is 9.16. The number of carboxylic acids is 1. The predicted octanol–water partition coefficient (Wildman–Crippen LogP) is 0.270. The average molecular weight is 247 g/mol. The molecule has 1 fully saturated rings. The number of carbonyl (C=O) groups is 3. The van der Waals surface area contributed by atoms with Crippen LogP contribution in [0.3, 0.4) is 0 Å². The zero-order valence-corrected chi connectivity index (χ0v) is 9.16. The Balaban J connectivity index is 2.07. The van der Waals surface area contributed by atoms with Gasteiger partial charge in [0.2, 0.25) is 5.91 Å². The van der Waals surface area contributed by atoms with Gasteiger partial charge in [0.25, 0.3) is 0 Å². The number of hydrogen-bond acceptors (Lipinski definition) is 4. The molecule has 1 saturated heterocycles. The van der Waals surface area contributed by atoms with E-state index in [0.717, 1.165) is 5.01 Å². The first-order chi connectivity index (χ1) is 8.56. The third-order valence-corrected chi connectivity index (χ3v) is 2.28. The van der Waals surface area contributed by atoms with Gasteiger partial charge in [-0.2, -0.15) is 5.10 Å². The van der Waals surface area contributed by atoms with Crippen LogP contribution in [0.2, 0.25) is 0 Å². The number of amides is 3. The summed E-state index contributed by atoms with van der Waals surface area (Å²) in [5, 5.41) is 15.6. The molecule has 0 aromatic heterocycles. The van der Waals surface area contributed by atoms with E-state index in [9.17, 15) is 14.4 Å². The van der Waals surface area contributed by atoms with E-state index in [0.29, 0.717) is 5.56 Å². The number of nitrogens with one attached hydrogen (secondary N) is 1. The second-order valence-corrected chi connectivity index (χ2v) is 3.58. The molecule has 1 aliphatic heterocycles. The third-order valence-electron chi connectivity index (χ3n) is 2.28. The lowest BCUT2D eigenvalue weighted by molar-refractivity contribution is -0.118. The third kappa shape index (κ3) is 2.51. The van der Waals surface area contributed by atoms with E-state index < -0.39 is 17.9 Å². The Morgan fingerprint density at radius 3 is 2.50 bits per heavy atom. The Morgan fingerprint density at radius 1 is 1.33 bits per heavy atom. The molecule has 1 heterocycles. The molecule has 0 spiro atoms. The summed E-state index contributed by atoms with van der Waals surface area (Å²) in [5.74, 6) is -1.42. The van der Waals surface area contributed by atoms with Gasteiger partial charge in [-0.05, 0) is 17.7 Å². The highest BCUT2D eigenvalue weighted by Crippen LogP contribution is 2.04. The summed E-state index contributed by atoms with van der Waals surface area (Å²) >= 11 is 0. The smallest absolute Gasteiger partial charge is 0.344 e. The van der Waals surface area contributed by atoms with E-state index in [1.54, 1.807) is 12.1 Å². The molecule has 0 saturated carbocycles. The Morgan fingerprint density at radius 2 is 2.00 bits per heavy atom. The van der Waals surface area contributed by atoms with Crippen molar-refractivity contribution in [1.82, 2.24) is 10.3 Å². The summed E-state index contributed by atoms with van der Waals surface area (Å²) in [6.07, 6.45) is 1.38. The number of rotatable bonds is 3. The van der Waals surface area contributed by atoms with Crippen molar-refractivity contribution in [2.45, 2.75) is 0 Å². The van der Waals surface area contributed by atoms with Gasteiger partial charge in [-0.25, -0.2) is 14.6 Å². The van der Waals surface area contributed by atoms with Crippen LogP contribution in [0.25, 0.3) is 0 Å². The molecule has 1 aromatic carbocycles. The zero-order chi connectivity index (χ0) is 13.1. The molecule has 0 radical (unpaired) electrons. The van der Waals surface area contributed by atoms with Crippen LogP contribution in [-0.4, -0.2) is 40.8 Å². The summed E-state index contributed by atoms with van der Waals surface area (Å²) in [5.41, 5.74) is 0.799. The molecular weight excluding hydrogens is 238 g/mol. The van der Waals surface area contributed by atoms with Gasteiger partial charge in [0.1, 0.15) is 6.54 Å². The van der Waals surface area contributed by atoms with Crippen molar-refractivity contribution < 1.29 is 19.5 Å². The Labute approximate surface area is 102 Å². The normalized spacial score (nSPS) is 15.2. The maximum atomic E-state index is 11.2. The molecule has 0 aliphatic carbocycles. The highest BCUT2D eigenvalue weighted by Gasteiger charge is 2.25. The van der Waals surface area contributed by atoms with Crippen molar-refractivity contribution in [3.05, 3.63) is 35.4 Å². The molecule has 7 nitrogen and oxygen atoms in total. The molecule has 2 N–H and O–H groups in total. The second kappa shape index (κ2) is 4.66. The Hall–Kier alpha value is -2.70. The monoisotopic (exact) mass is 247 g/mol. The van der Waals surface area contributed by atoms with E-state index in [4.69, 9.17) is 5.11 Å². The number of benzene rings is 1. The van der Waals surface area contributed by atoms with Crippen LogP contribution in [-0.2, 0) is 4.79 Å². The van der Waals surface area contributed by atoms with Gasteiger partial charge >= 0.3 is 12.0 Å². The lowest BCUT2D eigenvalue weighted by Gasteiger charge is -2.04. The minimum atomic E-state index is -1.01. The fourth-order valence-electron chi connectivity index (χ4n) is 1.37. The lowest BCUT2D eigenvalue weighted by atomic mass is 10.1. The maximum absolute atomic E-state index is 11.2. The number of urea groups is 1. The van der Waals surface area contributed by atoms with E-state index in [1.165, 1.54) is 18.3 Å². The summed E-state index contributed by atoms with van der Waals surface area (Å²) in [4.78, 5) is 32.7. The Bertz CT molecular complexity index is 536. The van der Waals surface area contributed by atoms with E-state index >= 15 is 0 Å². The SMILES string of the molecule is O=C1CN(/N=C/c2ccc(C(=O)O)cc2)C(=O)N1. The first kappa shape index (κ1) is 11.8.